The van der Waals surface area contributed by atoms with Crippen LogP contribution in [0.3, 0.4) is 0 Å². The van der Waals surface area contributed by atoms with Crippen molar-refractivity contribution in [2.75, 3.05) is 32.5 Å². The number of sulfonamides is 1. The zero-order valence-electron chi connectivity index (χ0n) is 12.0. The van der Waals surface area contributed by atoms with Gasteiger partial charge in [0.1, 0.15) is 0 Å². The molecule has 5 nitrogen and oxygen atoms in total. The predicted molar refractivity (Wildman–Crippen MR) is 91.6 cm³/mol. The standard InChI is InChI=1S/C13H18Cl2N2O3S.ClH/c1-21(18,19)17-8-10-7-16-4-5-20-13(10)9-2-3-11(14)12(15)6-9;/h2-3,6,10,13,16-17H,4-5,7-8H2,1H3;1H/t10-,13-;/m1./s1. The van der Waals surface area contributed by atoms with Crippen molar-refractivity contribution in [2.45, 2.75) is 6.10 Å². The third kappa shape index (κ3) is 5.85. The van der Waals surface area contributed by atoms with E-state index >= 15 is 0 Å². The first-order valence-electron chi connectivity index (χ1n) is 6.59. The molecule has 0 aromatic heterocycles. The van der Waals surface area contributed by atoms with Crippen molar-refractivity contribution in [2.24, 2.45) is 5.92 Å². The second kappa shape index (κ2) is 8.68. The van der Waals surface area contributed by atoms with Gasteiger partial charge in [0.2, 0.25) is 10.0 Å². The second-order valence-electron chi connectivity index (χ2n) is 5.05. The first kappa shape index (κ1) is 20.0. The number of hydrogen-bond acceptors (Lipinski definition) is 4. The maximum absolute atomic E-state index is 11.3. The van der Waals surface area contributed by atoms with Gasteiger partial charge in [0.15, 0.2) is 0 Å². The zero-order chi connectivity index (χ0) is 15.5. The van der Waals surface area contributed by atoms with Crippen LogP contribution in [-0.4, -0.2) is 40.9 Å². The molecule has 1 aliphatic heterocycles. The Hall–Kier alpha value is -0.0800. The lowest BCUT2D eigenvalue weighted by molar-refractivity contribution is 0.0322. The zero-order valence-corrected chi connectivity index (χ0v) is 15.2. The maximum Gasteiger partial charge on any atom is 0.208 e. The number of benzene rings is 1. The van der Waals surface area contributed by atoms with Crippen LogP contribution in [-0.2, 0) is 14.8 Å². The van der Waals surface area contributed by atoms with Crippen molar-refractivity contribution in [3.05, 3.63) is 33.8 Å². The van der Waals surface area contributed by atoms with Crippen LogP contribution >= 0.6 is 35.6 Å². The van der Waals surface area contributed by atoms with E-state index in [1.54, 1.807) is 12.1 Å². The number of hydrogen-bond donors (Lipinski definition) is 2. The molecule has 1 saturated heterocycles. The van der Waals surface area contributed by atoms with Gasteiger partial charge < -0.3 is 10.1 Å². The van der Waals surface area contributed by atoms with Crippen LogP contribution in [0.4, 0.5) is 0 Å². The Balaban J connectivity index is 0.00000242. The molecule has 0 saturated carbocycles. The van der Waals surface area contributed by atoms with Crippen LogP contribution in [0.15, 0.2) is 18.2 Å². The number of halogens is 3. The lowest BCUT2D eigenvalue weighted by Gasteiger charge is -2.25. The Morgan fingerprint density at radius 2 is 2.09 bits per heavy atom. The molecule has 1 fully saturated rings. The molecular formula is C13H19Cl3N2O3S. The van der Waals surface area contributed by atoms with Gasteiger partial charge in [-0.05, 0) is 17.7 Å². The summed E-state index contributed by atoms with van der Waals surface area (Å²) in [4.78, 5) is 0. The van der Waals surface area contributed by atoms with E-state index in [9.17, 15) is 8.42 Å². The first-order chi connectivity index (χ1) is 9.87. The molecule has 2 N–H and O–H groups in total. The monoisotopic (exact) mass is 388 g/mol. The van der Waals surface area contributed by atoms with Crippen molar-refractivity contribution in [3.8, 4) is 0 Å². The molecule has 0 bridgehead atoms. The molecule has 0 radical (unpaired) electrons. The number of nitrogens with one attached hydrogen (secondary N) is 2. The molecule has 9 heteroatoms. The first-order valence-corrected chi connectivity index (χ1v) is 9.23. The van der Waals surface area contributed by atoms with E-state index in [1.807, 2.05) is 6.07 Å². The lowest BCUT2D eigenvalue weighted by atomic mass is 9.95. The fraction of sp³-hybridized carbons (Fsp3) is 0.538. The molecule has 0 amide bonds. The van der Waals surface area contributed by atoms with Crippen LogP contribution in [0.1, 0.15) is 11.7 Å². The topological polar surface area (TPSA) is 67.4 Å². The van der Waals surface area contributed by atoms with Crippen LogP contribution in [0, 0.1) is 5.92 Å². The Morgan fingerprint density at radius 3 is 2.73 bits per heavy atom. The molecule has 1 aliphatic rings. The highest BCUT2D eigenvalue weighted by Crippen LogP contribution is 2.31. The fourth-order valence-corrected chi connectivity index (χ4v) is 3.11. The van der Waals surface area contributed by atoms with Gasteiger partial charge in [0, 0.05) is 25.6 Å². The summed E-state index contributed by atoms with van der Waals surface area (Å²) in [6.45, 7) is 2.25. The van der Waals surface area contributed by atoms with Gasteiger partial charge in [-0.25, -0.2) is 13.1 Å². The average Bonchev–Trinajstić information content (AvgIpc) is 2.64. The number of rotatable bonds is 4. The summed E-state index contributed by atoms with van der Waals surface area (Å²) < 4.78 is 31.0. The molecule has 1 heterocycles. The van der Waals surface area contributed by atoms with Crippen LogP contribution in [0.2, 0.25) is 10.0 Å². The van der Waals surface area contributed by atoms with Crippen LogP contribution < -0.4 is 10.0 Å². The lowest BCUT2D eigenvalue weighted by Crippen LogP contribution is -2.36. The van der Waals surface area contributed by atoms with Gasteiger partial charge in [-0.15, -0.1) is 12.4 Å². The quantitative estimate of drug-likeness (QED) is 0.829. The Labute approximate surface area is 147 Å². The summed E-state index contributed by atoms with van der Waals surface area (Å²) >= 11 is 12.0. The van der Waals surface area contributed by atoms with Crippen LogP contribution in [0.5, 0.6) is 0 Å². The second-order valence-corrected chi connectivity index (χ2v) is 7.70. The highest BCUT2D eigenvalue weighted by Gasteiger charge is 2.27. The highest BCUT2D eigenvalue weighted by molar-refractivity contribution is 7.88. The Kier molecular flexibility index (Phi) is 7.88. The summed E-state index contributed by atoms with van der Waals surface area (Å²) in [7, 11) is -3.24. The largest absolute Gasteiger partial charge is 0.372 e. The van der Waals surface area contributed by atoms with E-state index in [2.05, 4.69) is 10.0 Å². The van der Waals surface area contributed by atoms with E-state index < -0.39 is 10.0 Å². The molecule has 0 aliphatic carbocycles. The average molecular weight is 390 g/mol. The molecule has 0 unspecified atom stereocenters. The third-order valence-electron chi connectivity index (χ3n) is 3.29. The smallest absolute Gasteiger partial charge is 0.208 e. The van der Waals surface area contributed by atoms with E-state index in [1.165, 1.54) is 0 Å². The van der Waals surface area contributed by atoms with Crippen molar-refractivity contribution in [3.63, 3.8) is 0 Å². The fourth-order valence-electron chi connectivity index (χ4n) is 2.28. The summed E-state index contributed by atoms with van der Waals surface area (Å²) in [6.07, 6.45) is 0.913. The van der Waals surface area contributed by atoms with Crippen molar-refractivity contribution < 1.29 is 13.2 Å². The molecule has 0 spiro atoms. The highest BCUT2D eigenvalue weighted by atomic mass is 35.5. The summed E-state index contributed by atoms with van der Waals surface area (Å²) in [5, 5.41) is 4.19. The van der Waals surface area contributed by atoms with Gasteiger partial charge in [-0.1, -0.05) is 29.3 Å². The molecule has 126 valence electrons. The summed E-state index contributed by atoms with van der Waals surface area (Å²) in [6, 6.07) is 5.35. The molecule has 1 aromatic carbocycles. The molecular weight excluding hydrogens is 371 g/mol. The van der Waals surface area contributed by atoms with E-state index in [0.29, 0.717) is 29.7 Å². The minimum atomic E-state index is -3.24. The SMILES string of the molecule is CS(=O)(=O)NC[C@H]1CNCCO[C@@H]1c1ccc(Cl)c(Cl)c1.Cl. The minimum Gasteiger partial charge on any atom is -0.372 e. The van der Waals surface area contributed by atoms with E-state index in [0.717, 1.165) is 18.4 Å². The molecule has 2 atom stereocenters. The third-order valence-corrected chi connectivity index (χ3v) is 4.72. The Bertz CT molecular complexity index is 598. The maximum atomic E-state index is 11.3. The molecule has 22 heavy (non-hydrogen) atoms. The predicted octanol–water partition coefficient (Wildman–Crippen LogP) is 2.24. The summed E-state index contributed by atoms with van der Waals surface area (Å²) in [5.74, 6) is -0.0283. The van der Waals surface area contributed by atoms with E-state index in [4.69, 9.17) is 27.9 Å². The van der Waals surface area contributed by atoms with Gasteiger partial charge in [0.05, 0.1) is 29.0 Å². The summed E-state index contributed by atoms with van der Waals surface area (Å²) in [5.41, 5.74) is 0.897. The van der Waals surface area contributed by atoms with Crippen LogP contribution in [0.25, 0.3) is 0 Å². The minimum absolute atomic E-state index is 0. The van der Waals surface area contributed by atoms with E-state index in [-0.39, 0.29) is 24.4 Å². The molecule has 1 aromatic rings. The molecule has 2 rings (SSSR count). The van der Waals surface area contributed by atoms with Gasteiger partial charge in [-0.3, -0.25) is 0 Å². The van der Waals surface area contributed by atoms with Gasteiger partial charge in [-0.2, -0.15) is 0 Å². The van der Waals surface area contributed by atoms with Gasteiger partial charge >= 0.3 is 0 Å². The Morgan fingerprint density at radius 1 is 1.36 bits per heavy atom. The van der Waals surface area contributed by atoms with Crippen molar-refractivity contribution in [1.82, 2.24) is 10.0 Å². The van der Waals surface area contributed by atoms with Gasteiger partial charge in [0.25, 0.3) is 0 Å². The van der Waals surface area contributed by atoms with Crippen molar-refractivity contribution >= 4 is 45.6 Å². The number of ether oxygens (including phenoxy) is 1. The van der Waals surface area contributed by atoms with Crippen molar-refractivity contribution in [1.29, 1.82) is 0 Å². The normalized spacial score (nSPS) is 22.7.